The fourth-order valence-corrected chi connectivity index (χ4v) is 1.24. The molecule has 1 N–H and O–H groups in total. The molecule has 0 saturated heterocycles. The van der Waals surface area contributed by atoms with Crippen LogP contribution in [0, 0.1) is 0 Å². The third kappa shape index (κ3) is 5.94. The van der Waals surface area contributed by atoms with Crippen molar-refractivity contribution in [2.75, 3.05) is 20.2 Å². The van der Waals surface area contributed by atoms with E-state index in [2.05, 4.69) is 9.64 Å². The Hall–Kier alpha value is -0.610. The number of hydrogen-bond donors (Lipinski definition) is 1. The number of nitrogens with zero attached hydrogens (tertiary/aromatic N) is 1. The van der Waals surface area contributed by atoms with Crippen LogP contribution >= 0.6 is 0 Å². The molecule has 0 amide bonds. The van der Waals surface area contributed by atoms with Gasteiger partial charge in [-0.3, -0.25) is 9.69 Å². The standard InChI is InChI=1S/C10H21NO3/c1-8(2)11(7-9(3)12)6-5-10(13)14-4/h8-9,12H,5-7H2,1-4H3. The van der Waals surface area contributed by atoms with Crippen molar-refractivity contribution in [2.24, 2.45) is 0 Å². The smallest absolute Gasteiger partial charge is 0.306 e. The van der Waals surface area contributed by atoms with E-state index in [9.17, 15) is 9.90 Å². The van der Waals surface area contributed by atoms with E-state index in [-0.39, 0.29) is 12.1 Å². The van der Waals surface area contributed by atoms with Crippen molar-refractivity contribution in [3.63, 3.8) is 0 Å². The van der Waals surface area contributed by atoms with Gasteiger partial charge in [-0.1, -0.05) is 0 Å². The Labute approximate surface area is 85.9 Å². The maximum absolute atomic E-state index is 10.9. The summed E-state index contributed by atoms with van der Waals surface area (Å²) in [6.45, 7) is 7.05. The van der Waals surface area contributed by atoms with E-state index in [1.807, 2.05) is 13.8 Å². The van der Waals surface area contributed by atoms with Gasteiger partial charge in [0.05, 0.1) is 19.6 Å². The predicted octanol–water partition coefficient (Wildman–Crippen LogP) is 0.641. The second-order valence-electron chi connectivity index (χ2n) is 3.76. The average molecular weight is 203 g/mol. The van der Waals surface area contributed by atoms with Crippen LogP contribution in [0.2, 0.25) is 0 Å². The fourth-order valence-electron chi connectivity index (χ4n) is 1.24. The zero-order valence-corrected chi connectivity index (χ0v) is 9.49. The van der Waals surface area contributed by atoms with Gasteiger partial charge in [-0.05, 0) is 20.8 Å². The molecule has 14 heavy (non-hydrogen) atoms. The molecule has 0 aliphatic rings. The lowest BCUT2D eigenvalue weighted by molar-refractivity contribution is -0.141. The van der Waals surface area contributed by atoms with Gasteiger partial charge in [-0.25, -0.2) is 0 Å². The van der Waals surface area contributed by atoms with Gasteiger partial charge in [-0.15, -0.1) is 0 Å². The van der Waals surface area contributed by atoms with Crippen molar-refractivity contribution < 1.29 is 14.6 Å². The number of methoxy groups -OCH3 is 1. The van der Waals surface area contributed by atoms with Crippen molar-refractivity contribution in [2.45, 2.75) is 39.3 Å². The minimum atomic E-state index is -0.366. The molecule has 0 bridgehead atoms. The van der Waals surface area contributed by atoms with Crippen LogP contribution in [0.25, 0.3) is 0 Å². The van der Waals surface area contributed by atoms with Gasteiger partial charge in [-0.2, -0.15) is 0 Å². The number of rotatable bonds is 6. The molecular weight excluding hydrogens is 182 g/mol. The number of carbonyl (C=O) groups is 1. The summed E-state index contributed by atoms with van der Waals surface area (Å²) in [5.41, 5.74) is 0. The van der Waals surface area contributed by atoms with E-state index in [1.165, 1.54) is 7.11 Å². The summed E-state index contributed by atoms with van der Waals surface area (Å²) in [6, 6.07) is 0.328. The number of carbonyl (C=O) groups excluding carboxylic acids is 1. The number of aliphatic hydroxyl groups is 1. The highest BCUT2D eigenvalue weighted by Crippen LogP contribution is 2.02. The summed E-state index contributed by atoms with van der Waals surface area (Å²) in [5.74, 6) is -0.207. The van der Waals surface area contributed by atoms with E-state index in [4.69, 9.17) is 0 Å². The summed E-state index contributed by atoms with van der Waals surface area (Å²) in [6.07, 6.45) is 0.0107. The summed E-state index contributed by atoms with van der Waals surface area (Å²) < 4.78 is 4.56. The summed E-state index contributed by atoms with van der Waals surface area (Å²) in [7, 11) is 1.39. The summed E-state index contributed by atoms with van der Waals surface area (Å²) in [4.78, 5) is 13.0. The lowest BCUT2D eigenvalue weighted by Gasteiger charge is -2.27. The molecule has 0 saturated carbocycles. The molecule has 0 aliphatic carbocycles. The second-order valence-corrected chi connectivity index (χ2v) is 3.76. The molecule has 0 radical (unpaired) electrons. The van der Waals surface area contributed by atoms with Crippen LogP contribution < -0.4 is 0 Å². The third-order valence-electron chi connectivity index (χ3n) is 2.06. The Balaban J connectivity index is 3.91. The molecule has 0 aliphatic heterocycles. The van der Waals surface area contributed by atoms with Gasteiger partial charge in [0.15, 0.2) is 0 Å². The van der Waals surface area contributed by atoms with Crippen molar-refractivity contribution in [3.05, 3.63) is 0 Å². The molecule has 0 aromatic heterocycles. The normalized spacial score (nSPS) is 13.4. The molecule has 84 valence electrons. The molecule has 0 heterocycles. The van der Waals surface area contributed by atoms with Gasteiger partial charge in [0.2, 0.25) is 0 Å². The zero-order valence-electron chi connectivity index (χ0n) is 9.49. The highest BCUT2D eigenvalue weighted by atomic mass is 16.5. The van der Waals surface area contributed by atoms with E-state index in [0.717, 1.165) is 0 Å². The molecule has 1 atom stereocenters. The number of esters is 1. The predicted molar refractivity (Wildman–Crippen MR) is 55.0 cm³/mol. The molecule has 4 nitrogen and oxygen atoms in total. The average Bonchev–Trinajstić information content (AvgIpc) is 2.10. The number of hydrogen-bond acceptors (Lipinski definition) is 4. The van der Waals surface area contributed by atoms with E-state index < -0.39 is 0 Å². The minimum absolute atomic E-state index is 0.207. The Morgan fingerprint density at radius 3 is 2.36 bits per heavy atom. The van der Waals surface area contributed by atoms with Gasteiger partial charge < -0.3 is 9.84 Å². The Morgan fingerprint density at radius 1 is 1.43 bits per heavy atom. The minimum Gasteiger partial charge on any atom is -0.469 e. The first-order chi connectivity index (χ1) is 6.47. The van der Waals surface area contributed by atoms with Crippen LogP contribution in [0.4, 0.5) is 0 Å². The van der Waals surface area contributed by atoms with Gasteiger partial charge >= 0.3 is 5.97 Å². The van der Waals surface area contributed by atoms with E-state index in [0.29, 0.717) is 25.6 Å². The van der Waals surface area contributed by atoms with Crippen LogP contribution in [-0.4, -0.2) is 48.3 Å². The molecular formula is C10H21NO3. The van der Waals surface area contributed by atoms with Crippen molar-refractivity contribution in [1.82, 2.24) is 4.90 Å². The summed E-state index contributed by atoms with van der Waals surface area (Å²) in [5, 5.41) is 9.24. The van der Waals surface area contributed by atoms with Crippen LogP contribution in [0.15, 0.2) is 0 Å². The van der Waals surface area contributed by atoms with E-state index >= 15 is 0 Å². The molecule has 4 heteroatoms. The molecule has 0 fully saturated rings. The van der Waals surface area contributed by atoms with Crippen molar-refractivity contribution in [1.29, 1.82) is 0 Å². The van der Waals surface area contributed by atoms with Gasteiger partial charge in [0.1, 0.15) is 0 Å². The van der Waals surface area contributed by atoms with E-state index in [1.54, 1.807) is 6.92 Å². The van der Waals surface area contributed by atoms with Crippen LogP contribution in [0.5, 0.6) is 0 Å². The highest BCUT2D eigenvalue weighted by molar-refractivity contribution is 5.69. The lowest BCUT2D eigenvalue weighted by atomic mass is 10.2. The van der Waals surface area contributed by atoms with Crippen molar-refractivity contribution >= 4 is 5.97 Å². The Bertz CT molecular complexity index is 169. The Kier molecular flexibility index (Phi) is 6.49. The monoisotopic (exact) mass is 203 g/mol. The van der Waals surface area contributed by atoms with Crippen LogP contribution in [0.3, 0.4) is 0 Å². The molecule has 0 aromatic rings. The number of aliphatic hydroxyl groups excluding tert-OH is 1. The first kappa shape index (κ1) is 13.4. The Morgan fingerprint density at radius 2 is 2.00 bits per heavy atom. The highest BCUT2D eigenvalue weighted by Gasteiger charge is 2.13. The van der Waals surface area contributed by atoms with Crippen LogP contribution in [-0.2, 0) is 9.53 Å². The van der Waals surface area contributed by atoms with Gasteiger partial charge in [0.25, 0.3) is 0 Å². The molecule has 0 spiro atoms. The maximum Gasteiger partial charge on any atom is 0.306 e. The number of ether oxygens (including phenoxy) is 1. The van der Waals surface area contributed by atoms with Crippen LogP contribution in [0.1, 0.15) is 27.2 Å². The lowest BCUT2D eigenvalue weighted by Crippen LogP contribution is -2.38. The zero-order chi connectivity index (χ0) is 11.1. The first-order valence-corrected chi connectivity index (χ1v) is 4.96. The van der Waals surface area contributed by atoms with Crippen molar-refractivity contribution in [3.8, 4) is 0 Å². The third-order valence-corrected chi connectivity index (χ3v) is 2.06. The van der Waals surface area contributed by atoms with Gasteiger partial charge in [0, 0.05) is 19.1 Å². The fraction of sp³-hybridized carbons (Fsp3) is 0.900. The largest absolute Gasteiger partial charge is 0.469 e. The molecule has 1 unspecified atom stereocenters. The maximum atomic E-state index is 10.9. The topological polar surface area (TPSA) is 49.8 Å². The summed E-state index contributed by atoms with van der Waals surface area (Å²) >= 11 is 0. The quantitative estimate of drug-likeness (QED) is 0.644. The molecule has 0 rings (SSSR count). The first-order valence-electron chi connectivity index (χ1n) is 4.96. The molecule has 0 aromatic carbocycles. The second kappa shape index (κ2) is 6.79. The SMILES string of the molecule is COC(=O)CCN(CC(C)O)C(C)C.